The van der Waals surface area contributed by atoms with Crippen LogP contribution in [0.15, 0.2) is 24.1 Å². The van der Waals surface area contributed by atoms with Crippen molar-refractivity contribution < 1.29 is 4.39 Å². The van der Waals surface area contributed by atoms with Crippen LogP contribution < -0.4 is 5.32 Å². The molecule has 0 aliphatic carbocycles. The van der Waals surface area contributed by atoms with E-state index < -0.39 is 6.17 Å². The van der Waals surface area contributed by atoms with Crippen molar-refractivity contribution in [3.8, 4) is 0 Å². The van der Waals surface area contributed by atoms with Crippen LogP contribution in [-0.4, -0.2) is 44.7 Å². The molecular weight excluding hydrogens is 289 g/mol. The van der Waals surface area contributed by atoms with Gasteiger partial charge in [-0.1, -0.05) is 0 Å². The Kier molecular flexibility index (Phi) is 4.62. The van der Waals surface area contributed by atoms with Crippen molar-refractivity contribution in [2.24, 2.45) is 7.05 Å². The minimum atomic E-state index is -0.728. The van der Waals surface area contributed by atoms with Gasteiger partial charge in [0.15, 0.2) is 0 Å². The van der Waals surface area contributed by atoms with Crippen LogP contribution in [0.4, 0.5) is 4.39 Å². The highest BCUT2D eigenvalue weighted by Crippen LogP contribution is 2.23. The molecule has 1 saturated heterocycles. The Labute approximate surface area is 127 Å². The molecular formula is C14H20FN5S. The summed E-state index contributed by atoms with van der Waals surface area (Å²) in [4.78, 5) is 10.6. The molecule has 0 aromatic carbocycles. The van der Waals surface area contributed by atoms with Gasteiger partial charge >= 0.3 is 0 Å². The van der Waals surface area contributed by atoms with Gasteiger partial charge in [0.05, 0.1) is 18.6 Å². The van der Waals surface area contributed by atoms with Crippen LogP contribution in [0.3, 0.4) is 0 Å². The maximum absolute atomic E-state index is 13.7. The zero-order valence-corrected chi connectivity index (χ0v) is 12.9. The second-order valence-electron chi connectivity index (χ2n) is 5.47. The summed E-state index contributed by atoms with van der Waals surface area (Å²) in [5, 5.41) is 6.44. The third-order valence-electron chi connectivity index (χ3n) is 3.90. The molecule has 1 N–H and O–H groups in total. The molecule has 5 nitrogen and oxygen atoms in total. The first-order chi connectivity index (χ1) is 10.2. The molecule has 0 amide bonds. The number of likely N-dealkylation sites (tertiary alicyclic amines) is 1. The summed E-state index contributed by atoms with van der Waals surface area (Å²) in [6.07, 6.45) is 5.32. The third-order valence-corrected chi connectivity index (χ3v) is 4.67. The van der Waals surface area contributed by atoms with E-state index in [2.05, 4.69) is 20.2 Å². The van der Waals surface area contributed by atoms with Gasteiger partial charge < -0.3 is 9.88 Å². The topological polar surface area (TPSA) is 46.0 Å². The van der Waals surface area contributed by atoms with Gasteiger partial charge in [-0.2, -0.15) is 0 Å². The molecule has 21 heavy (non-hydrogen) atoms. The van der Waals surface area contributed by atoms with Crippen LogP contribution in [-0.2, 0) is 20.1 Å². The Hall–Kier alpha value is -1.31. The van der Waals surface area contributed by atoms with Crippen molar-refractivity contribution in [1.29, 1.82) is 0 Å². The Morgan fingerprint density at radius 3 is 3.14 bits per heavy atom. The van der Waals surface area contributed by atoms with Gasteiger partial charge in [-0.15, -0.1) is 11.3 Å². The summed E-state index contributed by atoms with van der Waals surface area (Å²) < 4.78 is 15.7. The summed E-state index contributed by atoms with van der Waals surface area (Å²) in [6, 6.07) is 0.233. The van der Waals surface area contributed by atoms with E-state index >= 15 is 0 Å². The number of thiazole rings is 1. The third kappa shape index (κ3) is 3.66. The molecule has 3 rings (SSSR count). The molecule has 0 radical (unpaired) electrons. The zero-order chi connectivity index (χ0) is 14.7. The number of alkyl halides is 1. The van der Waals surface area contributed by atoms with Crippen LogP contribution in [0.2, 0.25) is 0 Å². The predicted octanol–water partition coefficient (Wildman–Crippen LogP) is 1.58. The van der Waals surface area contributed by atoms with Gasteiger partial charge in [-0.25, -0.2) is 14.4 Å². The second kappa shape index (κ2) is 6.64. The monoisotopic (exact) mass is 309 g/mol. The molecule has 0 spiro atoms. The molecule has 0 saturated carbocycles. The molecule has 1 fully saturated rings. The van der Waals surface area contributed by atoms with Crippen LogP contribution in [0.1, 0.15) is 17.1 Å². The highest BCUT2D eigenvalue weighted by atomic mass is 32.1. The van der Waals surface area contributed by atoms with E-state index in [0.29, 0.717) is 13.0 Å². The first-order valence-corrected chi connectivity index (χ1v) is 8.02. The lowest BCUT2D eigenvalue weighted by Gasteiger charge is -2.23. The zero-order valence-electron chi connectivity index (χ0n) is 12.1. The minimum Gasteiger partial charge on any atom is -0.337 e. The number of hydrogen-bond acceptors (Lipinski definition) is 5. The summed E-state index contributed by atoms with van der Waals surface area (Å²) in [6.45, 7) is 2.81. The summed E-state index contributed by atoms with van der Waals surface area (Å²) in [5.41, 5.74) is 1.14. The lowest BCUT2D eigenvalue weighted by Crippen LogP contribution is -2.37. The van der Waals surface area contributed by atoms with Gasteiger partial charge in [-0.05, 0) is 6.42 Å². The Morgan fingerprint density at radius 1 is 1.52 bits per heavy atom. The van der Waals surface area contributed by atoms with Crippen LogP contribution in [0, 0.1) is 0 Å². The highest BCUT2D eigenvalue weighted by Gasteiger charge is 2.32. The normalized spacial score (nSPS) is 23.0. The fourth-order valence-corrected chi connectivity index (χ4v) is 3.40. The molecule has 114 valence electrons. The average molecular weight is 309 g/mol. The number of imidazole rings is 1. The van der Waals surface area contributed by atoms with Crippen molar-refractivity contribution in [2.75, 3.05) is 13.1 Å². The number of aromatic nitrogens is 3. The maximum Gasteiger partial charge on any atom is 0.114 e. The lowest BCUT2D eigenvalue weighted by atomic mass is 10.2. The number of aryl methyl sites for hydroxylation is 1. The summed E-state index contributed by atoms with van der Waals surface area (Å²) in [7, 11) is 1.98. The summed E-state index contributed by atoms with van der Waals surface area (Å²) >= 11 is 1.63. The highest BCUT2D eigenvalue weighted by molar-refractivity contribution is 7.09. The first kappa shape index (κ1) is 14.6. The van der Waals surface area contributed by atoms with Gasteiger partial charge in [-0.3, -0.25) is 4.90 Å². The smallest absolute Gasteiger partial charge is 0.114 e. The van der Waals surface area contributed by atoms with Crippen molar-refractivity contribution in [3.63, 3.8) is 0 Å². The number of nitrogens with zero attached hydrogens (tertiary/aromatic N) is 4. The van der Waals surface area contributed by atoms with E-state index in [-0.39, 0.29) is 6.04 Å². The van der Waals surface area contributed by atoms with Gasteiger partial charge in [0.25, 0.3) is 0 Å². The van der Waals surface area contributed by atoms with Crippen LogP contribution in [0.25, 0.3) is 0 Å². The van der Waals surface area contributed by atoms with Crippen LogP contribution >= 0.6 is 11.3 Å². The maximum atomic E-state index is 13.7. The van der Waals surface area contributed by atoms with Crippen molar-refractivity contribution >= 4 is 11.3 Å². The first-order valence-electron chi connectivity index (χ1n) is 7.15. The van der Waals surface area contributed by atoms with E-state index in [4.69, 9.17) is 0 Å². The summed E-state index contributed by atoms with van der Waals surface area (Å²) in [5.74, 6) is 0. The number of halogens is 1. The second-order valence-corrected chi connectivity index (χ2v) is 6.45. The van der Waals surface area contributed by atoms with E-state index in [1.807, 2.05) is 23.2 Å². The molecule has 3 heterocycles. The molecule has 7 heteroatoms. The number of rotatable bonds is 6. The predicted molar refractivity (Wildman–Crippen MR) is 80.7 cm³/mol. The quantitative estimate of drug-likeness (QED) is 0.880. The molecule has 2 aromatic heterocycles. The van der Waals surface area contributed by atoms with Crippen LogP contribution in [0.5, 0.6) is 0 Å². The van der Waals surface area contributed by atoms with E-state index in [1.165, 1.54) is 0 Å². The van der Waals surface area contributed by atoms with Gasteiger partial charge in [0.1, 0.15) is 11.2 Å². The Balaban J connectivity index is 1.52. The van der Waals surface area contributed by atoms with Crippen molar-refractivity contribution in [3.05, 3.63) is 34.8 Å². The molecule has 0 unspecified atom stereocenters. The molecule has 1 aliphatic heterocycles. The minimum absolute atomic E-state index is 0.233. The average Bonchev–Trinajstić information content (AvgIpc) is 3.15. The van der Waals surface area contributed by atoms with E-state index in [0.717, 1.165) is 30.3 Å². The largest absolute Gasteiger partial charge is 0.337 e. The fraction of sp³-hybridized carbons (Fsp3) is 0.571. The SMILES string of the molecule is Cn1cncc1CNC[C@@H]1C[C@H](F)CN1Cc1nccs1. The van der Waals surface area contributed by atoms with Gasteiger partial charge in [0.2, 0.25) is 0 Å². The lowest BCUT2D eigenvalue weighted by molar-refractivity contribution is 0.229. The van der Waals surface area contributed by atoms with Crippen molar-refractivity contribution in [2.45, 2.75) is 31.7 Å². The molecule has 1 aliphatic rings. The standard InChI is InChI=1S/C14H20FN5S/c1-19-10-17-7-13(19)6-16-5-12-4-11(15)8-20(12)9-14-18-2-3-21-14/h2-3,7,10-12,16H,4-6,8-9H2,1H3/t11-,12-/m0/s1. The molecule has 2 aromatic rings. The fourth-order valence-electron chi connectivity index (χ4n) is 2.76. The molecule has 2 atom stereocenters. The number of hydrogen-bond donors (Lipinski definition) is 1. The molecule has 0 bridgehead atoms. The Bertz CT molecular complexity index is 555. The van der Waals surface area contributed by atoms with Crippen molar-refractivity contribution in [1.82, 2.24) is 24.8 Å². The van der Waals surface area contributed by atoms with E-state index in [9.17, 15) is 4.39 Å². The van der Waals surface area contributed by atoms with E-state index in [1.54, 1.807) is 23.9 Å². The van der Waals surface area contributed by atoms with Gasteiger partial charge in [0, 0.05) is 50.5 Å². The number of nitrogens with one attached hydrogen (secondary N) is 1. The Morgan fingerprint density at radius 2 is 2.43 bits per heavy atom.